The molecule has 83 heavy (non-hydrogen) atoms. The van der Waals surface area contributed by atoms with Gasteiger partial charge in [-0.2, -0.15) is 0 Å². The van der Waals surface area contributed by atoms with Gasteiger partial charge < -0.3 is 20.3 Å². The van der Waals surface area contributed by atoms with Crippen molar-refractivity contribution in [2.24, 2.45) is 0 Å². The first kappa shape index (κ1) is 81.6. The van der Waals surface area contributed by atoms with E-state index >= 15 is 0 Å². The van der Waals surface area contributed by atoms with E-state index in [4.69, 9.17) is 4.74 Å². The Morgan fingerprint density at radius 1 is 0.325 bits per heavy atom. The molecule has 0 radical (unpaired) electrons. The highest BCUT2D eigenvalue weighted by molar-refractivity contribution is 5.76. The number of nitrogens with one attached hydrogen (secondary N) is 1. The zero-order chi connectivity index (χ0) is 59.9. The number of hydrogen-bond donors (Lipinski definition) is 3. The number of esters is 1. The first-order valence-electron chi connectivity index (χ1n) is 38.5. The number of hydrogen-bond acceptors (Lipinski definition) is 5. The summed E-state index contributed by atoms with van der Waals surface area (Å²) < 4.78 is 5.52. The Hall–Kier alpha value is -1.40. The highest BCUT2D eigenvalue weighted by Gasteiger charge is 2.18. The molecular formula is C77H151NO5. The number of carbonyl (C=O) groups excluding carboxylic acids is 2. The lowest BCUT2D eigenvalue weighted by molar-refractivity contribution is -0.143. The lowest BCUT2D eigenvalue weighted by Crippen LogP contribution is -2.45. The zero-order valence-corrected chi connectivity index (χ0v) is 56.7. The summed E-state index contributed by atoms with van der Waals surface area (Å²) in [5, 5.41) is 23.1. The van der Waals surface area contributed by atoms with Crippen molar-refractivity contribution < 1.29 is 24.5 Å². The van der Waals surface area contributed by atoms with E-state index in [1.165, 1.54) is 379 Å². The van der Waals surface area contributed by atoms with Gasteiger partial charge in [-0.1, -0.05) is 411 Å². The molecule has 0 heterocycles. The molecule has 0 aromatic rings. The Morgan fingerprint density at radius 2 is 0.554 bits per heavy atom. The average molecular weight is 1170 g/mol. The molecule has 2 atom stereocenters. The molecule has 0 saturated carbocycles. The number of rotatable bonds is 73. The molecule has 0 aromatic carbocycles. The van der Waals surface area contributed by atoms with E-state index in [0.29, 0.717) is 19.4 Å². The van der Waals surface area contributed by atoms with Gasteiger partial charge in [-0.3, -0.25) is 9.59 Å². The van der Waals surface area contributed by atoms with Crippen molar-refractivity contribution in [3.8, 4) is 0 Å². The second kappa shape index (κ2) is 73.1. The molecule has 3 N–H and O–H groups in total. The largest absolute Gasteiger partial charge is 0.466 e. The lowest BCUT2D eigenvalue weighted by atomic mass is 10.0. The van der Waals surface area contributed by atoms with E-state index in [0.717, 1.165) is 38.5 Å². The molecule has 0 saturated heterocycles. The standard InChI is InChI=1S/C77H151NO5/c1-3-5-7-9-11-13-15-17-18-19-40-43-47-51-55-59-63-67-71-77(82)83-72-68-64-60-56-52-48-44-41-38-36-34-32-30-28-26-24-22-20-21-23-25-27-29-31-33-35-37-39-42-46-50-54-58-62-66-70-76(81)78-74(73-79)75(80)69-65-61-57-53-49-45-16-14-12-10-8-6-4-2/h65,69,74-75,79-80H,3-64,66-68,70-73H2,1-2H3,(H,78,81)/b69-65+. The van der Waals surface area contributed by atoms with Gasteiger partial charge in [0.1, 0.15) is 0 Å². The third-order valence-corrected chi connectivity index (χ3v) is 18.3. The Balaban J connectivity index is 3.28. The molecule has 6 heteroatoms. The highest BCUT2D eigenvalue weighted by Crippen LogP contribution is 2.20. The Labute approximate surface area is 520 Å². The molecule has 2 unspecified atom stereocenters. The quantitative estimate of drug-likeness (QED) is 0.0320. The van der Waals surface area contributed by atoms with E-state index in [-0.39, 0.29) is 18.5 Å². The van der Waals surface area contributed by atoms with Crippen LogP contribution in [0.3, 0.4) is 0 Å². The Kier molecular flexibility index (Phi) is 71.8. The number of carbonyl (C=O) groups is 2. The molecule has 0 aromatic heterocycles. The summed E-state index contributed by atoms with van der Waals surface area (Å²) in [7, 11) is 0. The van der Waals surface area contributed by atoms with Gasteiger partial charge in [0.05, 0.1) is 25.4 Å². The van der Waals surface area contributed by atoms with Crippen molar-refractivity contribution in [3.63, 3.8) is 0 Å². The van der Waals surface area contributed by atoms with Crippen LogP contribution in [0.2, 0.25) is 0 Å². The first-order valence-corrected chi connectivity index (χ1v) is 38.5. The molecule has 0 rings (SSSR count). The van der Waals surface area contributed by atoms with E-state index < -0.39 is 12.1 Å². The fourth-order valence-corrected chi connectivity index (χ4v) is 12.5. The van der Waals surface area contributed by atoms with Crippen LogP contribution in [0.5, 0.6) is 0 Å². The van der Waals surface area contributed by atoms with Crippen molar-refractivity contribution in [2.45, 2.75) is 456 Å². The number of allylic oxidation sites excluding steroid dienone is 1. The maximum atomic E-state index is 12.5. The monoisotopic (exact) mass is 1170 g/mol. The van der Waals surface area contributed by atoms with Crippen LogP contribution in [0, 0.1) is 0 Å². The summed E-state index contributed by atoms with van der Waals surface area (Å²) in [5.74, 6) is -0.0325. The smallest absolute Gasteiger partial charge is 0.305 e. The summed E-state index contributed by atoms with van der Waals surface area (Å²) in [4.78, 5) is 24.6. The van der Waals surface area contributed by atoms with Gasteiger partial charge >= 0.3 is 5.97 Å². The SMILES string of the molecule is CCCCCCCCCCCCC/C=C/C(O)C(CO)NC(=O)CCCCCCCCCCCCCCCCCCCCCCCCCCCCCCCCCCCCCOC(=O)CCCCCCCCCCCCCCCCCCCC. The predicted molar refractivity (Wildman–Crippen MR) is 366 cm³/mol. The third-order valence-electron chi connectivity index (χ3n) is 18.3. The minimum atomic E-state index is -0.839. The fraction of sp³-hybridized carbons (Fsp3) is 0.948. The summed E-state index contributed by atoms with van der Waals surface area (Å²) in [6, 6.07) is -0.622. The molecular weight excluding hydrogens is 1020 g/mol. The van der Waals surface area contributed by atoms with Crippen LogP contribution in [-0.4, -0.2) is 47.4 Å². The predicted octanol–water partition coefficient (Wildman–Crippen LogP) is 25.1. The molecule has 1 amide bonds. The van der Waals surface area contributed by atoms with Crippen molar-refractivity contribution in [3.05, 3.63) is 12.2 Å². The van der Waals surface area contributed by atoms with Crippen molar-refractivity contribution in [1.29, 1.82) is 0 Å². The number of unbranched alkanes of at least 4 members (excludes halogenated alkanes) is 62. The number of aliphatic hydroxyl groups is 2. The molecule has 0 aliphatic heterocycles. The maximum Gasteiger partial charge on any atom is 0.305 e. The van der Waals surface area contributed by atoms with Crippen molar-refractivity contribution >= 4 is 11.9 Å². The highest BCUT2D eigenvalue weighted by atomic mass is 16.5. The minimum Gasteiger partial charge on any atom is -0.466 e. The van der Waals surface area contributed by atoms with Gasteiger partial charge in [0.15, 0.2) is 0 Å². The van der Waals surface area contributed by atoms with Crippen LogP contribution in [0.4, 0.5) is 0 Å². The van der Waals surface area contributed by atoms with Gasteiger partial charge in [0.2, 0.25) is 5.91 Å². The van der Waals surface area contributed by atoms with Gasteiger partial charge in [0.25, 0.3) is 0 Å². The fourth-order valence-electron chi connectivity index (χ4n) is 12.5. The Morgan fingerprint density at radius 3 is 0.819 bits per heavy atom. The van der Waals surface area contributed by atoms with Crippen molar-refractivity contribution in [1.82, 2.24) is 5.32 Å². The number of ether oxygens (including phenoxy) is 1. The van der Waals surface area contributed by atoms with E-state index in [2.05, 4.69) is 19.2 Å². The van der Waals surface area contributed by atoms with Gasteiger partial charge in [-0.15, -0.1) is 0 Å². The summed E-state index contributed by atoms with van der Waals surface area (Å²) in [5.41, 5.74) is 0. The molecule has 0 fully saturated rings. The summed E-state index contributed by atoms with van der Waals surface area (Å²) in [6.07, 6.45) is 92.0. The normalized spacial score (nSPS) is 12.5. The minimum absolute atomic E-state index is 0.0279. The number of aliphatic hydroxyl groups excluding tert-OH is 2. The average Bonchev–Trinajstić information content (AvgIpc) is 3.49. The topological polar surface area (TPSA) is 95.9 Å². The molecule has 0 bridgehead atoms. The lowest BCUT2D eigenvalue weighted by Gasteiger charge is -2.20. The van der Waals surface area contributed by atoms with Crippen molar-refractivity contribution in [2.75, 3.05) is 13.2 Å². The second-order valence-electron chi connectivity index (χ2n) is 26.7. The first-order chi connectivity index (χ1) is 41.0. The van der Waals surface area contributed by atoms with Crippen LogP contribution < -0.4 is 5.32 Å². The molecule has 0 spiro atoms. The third kappa shape index (κ3) is 69.6. The molecule has 494 valence electrons. The van der Waals surface area contributed by atoms with Crippen LogP contribution >= 0.6 is 0 Å². The van der Waals surface area contributed by atoms with Crippen LogP contribution in [0.1, 0.15) is 444 Å². The van der Waals surface area contributed by atoms with Crippen LogP contribution in [0.15, 0.2) is 12.2 Å². The summed E-state index contributed by atoms with van der Waals surface area (Å²) >= 11 is 0. The van der Waals surface area contributed by atoms with E-state index in [1.54, 1.807) is 6.08 Å². The van der Waals surface area contributed by atoms with Crippen LogP contribution in [-0.2, 0) is 14.3 Å². The molecule has 0 aliphatic rings. The zero-order valence-electron chi connectivity index (χ0n) is 56.7. The Bertz CT molecular complexity index is 1260. The second-order valence-corrected chi connectivity index (χ2v) is 26.7. The van der Waals surface area contributed by atoms with Gasteiger partial charge in [0, 0.05) is 12.8 Å². The molecule has 6 nitrogen and oxygen atoms in total. The van der Waals surface area contributed by atoms with E-state index in [1.807, 2.05) is 6.08 Å². The van der Waals surface area contributed by atoms with E-state index in [9.17, 15) is 19.8 Å². The van der Waals surface area contributed by atoms with Crippen LogP contribution in [0.25, 0.3) is 0 Å². The maximum absolute atomic E-state index is 12.5. The van der Waals surface area contributed by atoms with Gasteiger partial charge in [-0.25, -0.2) is 0 Å². The number of amides is 1. The van der Waals surface area contributed by atoms with Gasteiger partial charge in [-0.05, 0) is 32.1 Å². The molecule has 0 aliphatic carbocycles. The summed E-state index contributed by atoms with van der Waals surface area (Å²) in [6.45, 7) is 4.95.